The Bertz CT molecular complexity index is 104. The maximum Gasteiger partial charge on any atom is 0.0429 e. The molecule has 0 radical (unpaired) electrons. The Balaban J connectivity index is 2.83. The van der Waals surface area contributed by atoms with Crippen molar-refractivity contribution in [2.45, 2.75) is 58.3 Å². The lowest BCUT2D eigenvalue weighted by atomic mass is 10.1. The van der Waals surface area contributed by atoms with Crippen LogP contribution in [0.15, 0.2) is 0 Å². The Hall–Kier alpha value is -0.120. The minimum atomic E-state index is 0.583. The Morgan fingerprint density at radius 1 is 0.688 bits per heavy atom. The first-order valence-corrected chi connectivity index (χ1v) is 7.03. The van der Waals surface area contributed by atoms with E-state index in [4.69, 9.17) is 5.73 Å². The SMILES string of the molecule is CCCCCCCCCCNCCNCN. The largest absolute Gasteiger partial charge is 0.318 e. The van der Waals surface area contributed by atoms with Crippen molar-refractivity contribution in [3.63, 3.8) is 0 Å². The molecular weight excluding hydrogens is 198 g/mol. The lowest BCUT2D eigenvalue weighted by Gasteiger charge is -2.05. The summed E-state index contributed by atoms with van der Waals surface area (Å²) in [6.45, 7) is 6.02. The lowest BCUT2D eigenvalue weighted by Crippen LogP contribution is -2.31. The van der Waals surface area contributed by atoms with E-state index < -0.39 is 0 Å². The first-order chi connectivity index (χ1) is 7.91. The maximum absolute atomic E-state index is 5.32. The normalized spacial score (nSPS) is 10.9. The van der Waals surface area contributed by atoms with E-state index in [-0.39, 0.29) is 0 Å². The van der Waals surface area contributed by atoms with Crippen molar-refractivity contribution in [3.8, 4) is 0 Å². The number of nitrogens with two attached hydrogens (primary N) is 1. The summed E-state index contributed by atoms with van der Waals surface area (Å²) in [5.74, 6) is 0. The van der Waals surface area contributed by atoms with Crippen molar-refractivity contribution < 1.29 is 0 Å². The summed E-state index contributed by atoms with van der Waals surface area (Å²) in [4.78, 5) is 0. The molecule has 16 heavy (non-hydrogen) atoms. The fraction of sp³-hybridized carbons (Fsp3) is 1.00. The molecular formula is C13H31N3. The molecule has 3 nitrogen and oxygen atoms in total. The highest BCUT2D eigenvalue weighted by molar-refractivity contribution is 4.52. The van der Waals surface area contributed by atoms with Crippen LogP contribution in [0.4, 0.5) is 0 Å². The number of nitrogens with one attached hydrogen (secondary N) is 2. The zero-order valence-electron chi connectivity index (χ0n) is 11.1. The van der Waals surface area contributed by atoms with Crippen LogP contribution in [0.25, 0.3) is 0 Å². The molecule has 0 aliphatic heterocycles. The predicted molar refractivity (Wildman–Crippen MR) is 72.5 cm³/mol. The zero-order chi connectivity index (χ0) is 11.9. The number of unbranched alkanes of at least 4 members (excludes halogenated alkanes) is 7. The Kier molecular flexibility index (Phi) is 14.8. The van der Waals surface area contributed by atoms with Crippen LogP contribution in [0.3, 0.4) is 0 Å². The second-order valence-electron chi connectivity index (χ2n) is 4.43. The average molecular weight is 229 g/mol. The van der Waals surface area contributed by atoms with Gasteiger partial charge in [-0.05, 0) is 13.0 Å². The summed E-state index contributed by atoms with van der Waals surface area (Å²) in [6.07, 6.45) is 11.2. The molecule has 0 spiro atoms. The molecule has 4 N–H and O–H groups in total. The standard InChI is InChI=1S/C13H31N3/c1-2-3-4-5-6-7-8-9-10-15-11-12-16-13-14/h15-16H,2-14H2,1H3. The molecule has 0 saturated heterocycles. The molecule has 3 heteroatoms. The van der Waals surface area contributed by atoms with Gasteiger partial charge in [0.1, 0.15) is 0 Å². The second-order valence-corrected chi connectivity index (χ2v) is 4.43. The molecule has 0 heterocycles. The molecule has 0 atom stereocenters. The van der Waals surface area contributed by atoms with Crippen LogP contribution in [0.2, 0.25) is 0 Å². The third kappa shape index (κ3) is 13.9. The van der Waals surface area contributed by atoms with Gasteiger partial charge in [-0.3, -0.25) is 0 Å². The minimum Gasteiger partial charge on any atom is -0.318 e. The Labute approximate surface area is 102 Å². The summed E-state index contributed by atoms with van der Waals surface area (Å²) in [7, 11) is 0. The van der Waals surface area contributed by atoms with Gasteiger partial charge in [-0.15, -0.1) is 0 Å². The first kappa shape index (κ1) is 15.9. The van der Waals surface area contributed by atoms with Gasteiger partial charge in [-0.25, -0.2) is 0 Å². The topological polar surface area (TPSA) is 50.1 Å². The van der Waals surface area contributed by atoms with Crippen molar-refractivity contribution in [2.75, 3.05) is 26.3 Å². The lowest BCUT2D eigenvalue weighted by molar-refractivity contribution is 0.548. The zero-order valence-corrected chi connectivity index (χ0v) is 11.1. The van der Waals surface area contributed by atoms with Crippen LogP contribution in [0, 0.1) is 0 Å². The van der Waals surface area contributed by atoms with Gasteiger partial charge in [0.2, 0.25) is 0 Å². The van der Waals surface area contributed by atoms with Crippen LogP contribution in [0.5, 0.6) is 0 Å². The second kappa shape index (κ2) is 14.9. The molecule has 0 fully saturated rings. The van der Waals surface area contributed by atoms with Gasteiger partial charge in [0.15, 0.2) is 0 Å². The number of rotatable bonds is 13. The van der Waals surface area contributed by atoms with Gasteiger partial charge in [0, 0.05) is 19.8 Å². The average Bonchev–Trinajstić information content (AvgIpc) is 2.31. The van der Waals surface area contributed by atoms with E-state index in [0.29, 0.717) is 6.67 Å². The van der Waals surface area contributed by atoms with Gasteiger partial charge in [0.05, 0.1) is 0 Å². The van der Waals surface area contributed by atoms with Crippen LogP contribution in [-0.4, -0.2) is 26.3 Å². The fourth-order valence-electron chi connectivity index (χ4n) is 1.79. The van der Waals surface area contributed by atoms with E-state index in [1.54, 1.807) is 0 Å². The smallest absolute Gasteiger partial charge is 0.0429 e. The van der Waals surface area contributed by atoms with Crippen molar-refractivity contribution in [1.82, 2.24) is 10.6 Å². The molecule has 0 aliphatic rings. The van der Waals surface area contributed by atoms with E-state index in [0.717, 1.165) is 19.6 Å². The van der Waals surface area contributed by atoms with Gasteiger partial charge in [-0.2, -0.15) is 0 Å². The highest BCUT2D eigenvalue weighted by Gasteiger charge is 1.91. The van der Waals surface area contributed by atoms with Crippen LogP contribution in [0.1, 0.15) is 58.3 Å². The molecule has 0 aromatic heterocycles. The van der Waals surface area contributed by atoms with Crippen LogP contribution >= 0.6 is 0 Å². The number of hydrogen-bond donors (Lipinski definition) is 3. The molecule has 98 valence electrons. The van der Waals surface area contributed by atoms with Crippen LogP contribution < -0.4 is 16.4 Å². The molecule has 0 aliphatic carbocycles. The predicted octanol–water partition coefficient (Wildman–Crippen LogP) is 2.22. The van der Waals surface area contributed by atoms with Crippen molar-refractivity contribution in [3.05, 3.63) is 0 Å². The van der Waals surface area contributed by atoms with E-state index in [1.807, 2.05) is 0 Å². The van der Waals surface area contributed by atoms with E-state index in [9.17, 15) is 0 Å². The third-order valence-electron chi connectivity index (χ3n) is 2.83. The van der Waals surface area contributed by atoms with Crippen LogP contribution in [-0.2, 0) is 0 Å². The molecule has 0 rings (SSSR count). The molecule has 0 aromatic rings. The molecule has 0 unspecified atom stereocenters. The summed E-state index contributed by atoms with van der Waals surface area (Å²) < 4.78 is 0. The van der Waals surface area contributed by atoms with E-state index >= 15 is 0 Å². The van der Waals surface area contributed by atoms with Gasteiger partial charge < -0.3 is 16.4 Å². The van der Waals surface area contributed by atoms with Crippen molar-refractivity contribution in [2.24, 2.45) is 5.73 Å². The van der Waals surface area contributed by atoms with E-state index in [1.165, 1.54) is 51.4 Å². The van der Waals surface area contributed by atoms with Gasteiger partial charge in [0.25, 0.3) is 0 Å². The maximum atomic E-state index is 5.32. The van der Waals surface area contributed by atoms with E-state index in [2.05, 4.69) is 17.6 Å². The Morgan fingerprint density at radius 3 is 1.88 bits per heavy atom. The summed E-state index contributed by atoms with van der Waals surface area (Å²) >= 11 is 0. The molecule has 0 amide bonds. The monoisotopic (exact) mass is 229 g/mol. The molecule has 0 saturated carbocycles. The minimum absolute atomic E-state index is 0.583. The molecule has 0 bridgehead atoms. The summed E-state index contributed by atoms with van der Waals surface area (Å²) in [6, 6.07) is 0. The fourth-order valence-corrected chi connectivity index (χ4v) is 1.79. The Morgan fingerprint density at radius 2 is 1.25 bits per heavy atom. The van der Waals surface area contributed by atoms with Crippen molar-refractivity contribution in [1.29, 1.82) is 0 Å². The summed E-state index contributed by atoms with van der Waals surface area (Å²) in [5.41, 5.74) is 5.32. The summed E-state index contributed by atoms with van der Waals surface area (Å²) in [5, 5.41) is 6.51. The highest BCUT2D eigenvalue weighted by atomic mass is 15.0. The van der Waals surface area contributed by atoms with Gasteiger partial charge >= 0.3 is 0 Å². The molecule has 0 aromatic carbocycles. The first-order valence-electron chi connectivity index (χ1n) is 7.03. The quantitative estimate of drug-likeness (QED) is 0.335. The van der Waals surface area contributed by atoms with Gasteiger partial charge in [-0.1, -0.05) is 51.9 Å². The highest BCUT2D eigenvalue weighted by Crippen LogP contribution is 2.07. The third-order valence-corrected chi connectivity index (χ3v) is 2.83. The number of hydrogen-bond acceptors (Lipinski definition) is 3. The van der Waals surface area contributed by atoms with Crippen molar-refractivity contribution >= 4 is 0 Å².